The predicted molar refractivity (Wildman–Crippen MR) is 76.7 cm³/mol. The van der Waals surface area contributed by atoms with Crippen molar-refractivity contribution in [1.29, 1.82) is 0 Å². The average molecular weight is 283 g/mol. The highest BCUT2D eigenvalue weighted by atomic mass is 16.6. The Morgan fingerprint density at radius 2 is 2.10 bits per heavy atom. The van der Waals surface area contributed by atoms with E-state index in [4.69, 9.17) is 5.11 Å². The summed E-state index contributed by atoms with van der Waals surface area (Å²) in [6.45, 7) is 2.05. The van der Waals surface area contributed by atoms with Gasteiger partial charge in [0.25, 0.3) is 5.69 Å². The number of nitro benzene ring substituents is 1. The molecule has 1 rings (SSSR count). The lowest BCUT2D eigenvalue weighted by Gasteiger charge is -2.27. The van der Waals surface area contributed by atoms with E-state index in [0.29, 0.717) is 17.8 Å². The number of nitrogens with one attached hydrogen (secondary N) is 1. The molecule has 7 nitrogen and oxygen atoms in total. The van der Waals surface area contributed by atoms with Crippen LogP contribution in [0.2, 0.25) is 0 Å². The zero-order valence-electron chi connectivity index (χ0n) is 12.0. The molecule has 0 spiro atoms. The molecule has 0 aliphatic carbocycles. The van der Waals surface area contributed by atoms with E-state index in [0.717, 1.165) is 0 Å². The number of hydrogen-bond acceptors (Lipinski definition) is 6. The van der Waals surface area contributed by atoms with Crippen LogP contribution in [0, 0.1) is 10.1 Å². The van der Waals surface area contributed by atoms with Crippen molar-refractivity contribution in [2.75, 3.05) is 32.5 Å². The van der Waals surface area contributed by atoms with Crippen LogP contribution in [0.25, 0.3) is 0 Å². The highest BCUT2D eigenvalue weighted by Crippen LogP contribution is 2.26. The number of aliphatic hydroxyl groups is 2. The van der Waals surface area contributed by atoms with Crippen LogP contribution in [-0.4, -0.2) is 52.8 Å². The van der Waals surface area contributed by atoms with Gasteiger partial charge in [0, 0.05) is 19.2 Å². The van der Waals surface area contributed by atoms with Gasteiger partial charge in [0.15, 0.2) is 0 Å². The van der Waals surface area contributed by atoms with Gasteiger partial charge < -0.3 is 20.4 Å². The number of hydrogen-bond donors (Lipinski definition) is 3. The molecular formula is C13H21N3O4. The first-order chi connectivity index (χ1) is 9.25. The van der Waals surface area contributed by atoms with Crippen molar-refractivity contribution >= 4 is 11.4 Å². The molecule has 1 aromatic rings. The first-order valence-electron chi connectivity index (χ1n) is 6.24. The van der Waals surface area contributed by atoms with Gasteiger partial charge in [-0.2, -0.15) is 0 Å². The Hall–Kier alpha value is -1.70. The highest BCUT2D eigenvalue weighted by molar-refractivity contribution is 5.62. The zero-order chi connectivity index (χ0) is 15.3. The van der Waals surface area contributed by atoms with Gasteiger partial charge in [0.1, 0.15) is 5.69 Å². The Balaban J connectivity index is 2.87. The molecule has 0 saturated carbocycles. The molecule has 1 unspecified atom stereocenters. The van der Waals surface area contributed by atoms with E-state index in [1.165, 1.54) is 18.2 Å². The number of likely N-dealkylation sites (N-methyl/N-ethyl adjacent to an activating group) is 1. The van der Waals surface area contributed by atoms with Crippen LogP contribution in [-0.2, 0) is 6.61 Å². The number of nitrogens with zero attached hydrogens (tertiary/aromatic N) is 2. The quantitative estimate of drug-likeness (QED) is 0.506. The SMILES string of the molecule is CN(C)CC(C)(O)CNc1cc(CO)ccc1[N+](=O)[O-]. The molecule has 0 radical (unpaired) electrons. The van der Waals surface area contributed by atoms with Crippen LogP contribution >= 0.6 is 0 Å². The van der Waals surface area contributed by atoms with E-state index < -0.39 is 10.5 Å². The van der Waals surface area contributed by atoms with Gasteiger partial charge in [0.05, 0.1) is 17.1 Å². The maximum absolute atomic E-state index is 11.0. The lowest BCUT2D eigenvalue weighted by atomic mass is 10.1. The van der Waals surface area contributed by atoms with Crippen LogP contribution in [0.15, 0.2) is 18.2 Å². The fourth-order valence-electron chi connectivity index (χ4n) is 2.01. The van der Waals surface area contributed by atoms with E-state index >= 15 is 0 Å². The number of nitro groups is 1. The molecule has 112 valence electrons. The Kier molecular flexibility index (Phi) is 5.43. The second kappa shape index (κ2) is 6.65. The van der Waals surface area contributed by atoms with Gasteiger partial charge in [-0.25, -0.2) is 0 Å². The third-order valence-corrected chi connectivity index (χ3v) is 2.76. The third-order valence-electron chi connectivity index (χ3n) is 2.76. The summed E-state index contributed by atoms with van der Waals surface area (Å²) in [5, 5.41) is 33.1. The first kappa shape index (κ1) is 16.4. The van der Waals surface area contributed by atoms with Crippen molar-refractivity contribution in [2.24, 2.45) is 0 Å². The predicted octanol–water partition coefficient (Wildman–Crippen LogP) is 0.812. The smallest absolute Gasteiger partial charge is 0.292 e. The second-order valence-corrected chi connectivity index (χ2v) is 5.36. The third kappa shape index (κ3) is 4.76. The standard InChI is InChI=1S/C13H21N3O4/c1-13(18,9-15(2)3)8-14-11-6-10(7-17)4-5-12(11)16(19)20/h4-6,14,17-18H,7-9H2,1-3H3. The fourth-order valence-corrected chi connectivity index (χ4v) is 2.01. The number of rotatable bonds is 7. The van der Waals surface area contributed by atoms with Crippen LogP contribution in [0.3, 0.4) is 0 Å². The van der Waals surface area contributed by atoms with Crippen LogP contribution in [0.4, 0.5) is 11.4 Å². The summed E-state index contributed by atoms with van der Waals surface area (Å²) in [7, 11) is 3.67. The van der Waals surface area contributed by atoms with E-state index in [1.807, 2.05) is 19.0 Å². The lowest BCUT2D eigenvalue weighted by Crippen LogP contribution is -2.43. The number of benzene rings is 1. The minimum Gasteiger partial charge on any atom is -0.392 e. The summed E-state index contributed by atoms with van der Waals surface area (Å²) >= 11 is 0. The van der Waals surface area contributed by atoms with Crippen LogP contribution in [0.5, 0.6) is 0 Å². The molecule has 0 fully saturated rings. The average Bonchev–Trinajstić information content (AvgIpc) is 2.34. The first-order valence-corrected chi connectivity index (χ1v) is 6.24. The largest absolute Gasteiger partial charge is 0.392 e. The van der Waals surface area contributed by atoms with Crippen molar-refractivity contribution in [3.05, 3.63) is 33.9 Å². The Labute approximate surface area is 118 Å². The van der Waals surface area contributed by atoms with Crippen molar-refractivity contribution in [2.45, 2.75) is 19.1 Å². The molecule has 0 heterocycles. The molecule has 0 amide bonds. The molecule has 0 aromatic heterocycles. The van der Waals surface area contributed by atoms with Gasteiger partial charge in [-0.05, 0) is 38.7 Å². The number of anilines is 1. The molecule has 3 N–H and O–H groups in total. The molecular weight excluding hydrogens is 262 g/mol. The minimum absolute atomic E-state index is 0.0807. The molecule has 20 heavy (non-hydrogen) atoms. The van der Waals surface area contributed by atoms with E-state index in [2.05, 4.69) is 5.32 Å². The molecule has 1 aromatic carbocycles. The Bertz CT molecular complexity index is 475. The van der Waals surface area contributed by atoms with E-state index in [-0.39, 0.29) is 18.8 Å². The summed E-state index contributed by atoms with van der Waals surface area (Å²) in [5.74, 6) is 0. The summed E-state index contributed by atoms with van der Waals surface area (Å²) in [5.41, 5.74) is -0.235. The molecule has 1 atom stereocenters. The molecule has 0 saturated heterocycles. The van der Waals surface area contributed by atoms with E-state index in [9.17, 15) is 15.2 Å². The lowest BCUT2D eigenvalue weighted by molar-refractivity contribution is -0.384. The summed E-state index contributed by atoms with van der Waals surface area (Å²) in [6, 6.07) is 4.36. The molecule has 0 aliphatic rings. The van der Waals surface area contributed by atoms with Crippen LogP contribution in [0.1, 0.15) is 12.5 Å². The van der Waals surface area contributed by atoms with Crippen molar-refractivity contribution in [3.63, 3.8) is 0 Å². The number of aliphatic hydroxyl groups excluding tert-OH is 1. The van der Waals surface area contributed by atoms with Crippen LogP contribution < -0.4 is 5.32 Å². The molecule has 0 aliphatic heterocycles. The Morgan fingerprint density at radius 1 is 1.45 bits per heavy atom. The minimum atomic E-state index is -1.02. The fraction of sp³-hybridized carbons (Fsp3) is 0.538. The van der Waals surface area contributed by atoms with Gasteiger partial charge in [0.2, 0.25) is 0 Å². The molecule has 7 heteroatoms. The summed E-state index contributed by atoms with van der Waals surface area (Å²) < 4.78 is 0. The monoisotopic (exact) mass is 283 g/mol. The van der Waals surface area contributed by atoms with Gasteiger partial charge in [-0.1, -0.05) is 0 Å². The van der Waals surface area contributed by atoms with Crippen molar-refractivity contribution in [1.82, 2.24) is 4.90 Å². The zero-order valence-corrected chi connectivity index (χ0v) is 12.0. The maximum Gasteiger partial charge on any atom is 0.292 e. The second-order valence-electron chi connectivity index (χ2n) is 5.36. The normalized spacial score (nSPS) is 14.1. The van der Waals surface area contributed by atoms with Gasteiger partial charge >= 0.3 is 0 Å². The maximum atomic E-state index is 11.0. The van der Waals surface area contributed by atoms with Crippen molar-refractivity contribution < 1.29 is 15.1 Å². The van der Waals surface area contributed by atoms with Crippen molar-refractivity contribution in [3.8, 4) is 0 Å². The molecule has 0 bridgehead atoms. The van der Waals surface area contributed by atoms with Gasteiger partial charge in [-0.15, -0.1) is 0 Å². The Morgan fingerprint density at radius 3 is 2.60 bits per heavy atom. The summed E-state index contributed by atoms with van der Waals surface area (Å²) in [6.07, 6.45) is 0. The van der Waals surface area contributed by atoms with E-state index in [1.54, 1.807) is 6.92 Å². The topological polar surface area (TPSA) is 98.9 Å². The highest BCUT2D eigenvalue weighted by Gasteiger charge is 2.23. The van der Waals surface area contributed by atoms with Gasteiger partial charge in [-0.3, -0.25) is 10.1 Å². The summed E-state index contributed by atoms with van der Waals surface area (Å²) in [4.78, 5) is 12.3.